The molecule has 0 unspecified atom stereocenters. The molecule has 0 radical (unpaired) electrons. The summed E-state index contributed by atoms with van der Waals surface area (Å²) in [7, 11) is 0. The highest BCUT2D eigenvalue weighted by molar-refractivity contribution is 7.97. The lowest BCUT2D eigenvalue weighted by atomic mass is 9.90. The summed E-state index contributed by atoms with van der Waals surface area (Å²) in [6, 6.07) is 10.6. The average Bonchev–Trinajstić information content (AvgIpc) is 3.10. The first kappa shape index (κ1) is 17.6. The topological polar surface area (TPSA) is 70.8 Å². The molecular weight excluding hydrogens is 338 g/mol. The number of nitrogens with zero attached hydrogens (tertiary/aromatic N) is 1. The molecule has 1 aliphatic heterocycles. The molecule has 1 aliphatic rings. The molecule has 0 spiro atoms. The Morgan fingerprint density at radius 2 is 2.00 bits per heavy atom. The number of aromatic carboxylic acids is 1. The van der Waals surface area contributed by atoms with Crippen LogP contribution in [0.5, 0.6) is 0 Å². The Morgan fingerprint density at radius 3 is 2.68 bits per heavy atom. The maximum absolute atomic E-state index is 12.7. The Hall–Kier alpha value is -2.21. The van der Waals surface area contributed by atoms with E-state index >= 15 is 0 Å². The Morgan fingerprint density at radius 1 is 1.24 bits per heavy atom. The standard InChI is InChI=1S/C19H21NO4S/c1-25-12-16-8-9-17(24-16)18(21)20-10-2-3-15(11-20)13-4-6-14(7-5-13)19(22)23/h4-9,15H,2-3,10-12H2,1H3,(H,22,23)/t15-/m1/s1. The van der Waals surface area contributed by atoms with Gasteiger partial charge >= 0.3 is 5.97 Å². The van der Waals surface area contributed by atoms with Crippen molar-refractivity contribution in [3.63, 3.8) is 0 Å². The zero-order chi connectivity index (χ0) is 17.8. The Bertz CT molecular complexity index is 753. The van der Waals surface area contributed by atoms with E-state index in [4.69, 9.17) is 9.52 Å². The molecule has 1 aromatic carbocycles. The first-order valence-corrected chi connectivity index (χ1v) is 9.68. The molecule has 1 saturated heterocycles. The van der Waals surface area contributed by atoms with Crippen LogP contribution in [0.25, 0.3) is 0 Å². The van der Waals surface area contributed by atoms with E-state index in [1.807, 2.05) is 29.4 Å². The number of rotatable bonds is 5. The van der Waals surface area contributed by atoms with Crippen molar-refractivity contribution in [2.75, 3.05) is 19.3 Å². The number of carboxylic acid groups (broad SMARTS) is 1. The number of carboxylic acids is 1. The lowest BCUT2D eigenvalue weighted by molar-refractivity contribution is 0.0672. The van der Waals surface area contributed by atoms with Crippen molar-refractivity contribution in [1.82, 2.24) is 4.90 Å². The highest BCUT2D eigenvalue weighted by atomic mass is 32.2. The van der Waals surface area contributed by atoms with Gasteiger partial charge in [-0.2, -0.15) is 11.8 Å². The third kappa shape index (κ3) is 4.07. The number of benzene rings is 1. The van der Waals surface area contributed by atoms with E-state index in [1.54, 1.807) is 30.0 Å². The minimum absolute atomic E-state index is 0.0702. The van der Waals surface area contributed by atoms with Gasteiger partial charge in [0.2, 0.25) is 0 Å². The van der Waals surface area contributed by atoms with Crippen molar-refractivity contribution in [2.45, 2.75) is 24.5 Å². The van der Waals surface area contributed by atoms with Gasteiger partial charge in [-0.25, -0.2) is 4.79 Å². The largest absolute Gasteiger partial charge is 0.478 e. The van der Waals surface area contributed by atoms with Crippen molar-refractivity contribution >= 4 is 23.6 Å². The van der Waals surface area contributed by atoms with Crippen molar-refractivity contribution in [1.29, 1.82) is 0 Å². The normalized spacial score (nSPS) is 17.5. The average molecular weight is 359 g/mol. The minimum atomic E-state index is -0.925. The summed E-state index contributed by atoms with van der Waals surface area (Å²) in [6.45, 7) is 1.35. The Balaban J connectivity index is 1.69. The summed E-state index contributed by atoms with van der Waals surface area (Å²) < 4.78 is 5.64. The summed E-state index contributed by atoms with van der Waals surface area (Å²) in [5, 5.41) is 9.00. The van der Waals surface area contributed by atoms with Crippen molar-refractivity contribution in [3.8, 4) is 0 Å². The van der Waals surface area contributed by atoms with Crippen molar-refractivity contribution < 1.29 is 19.1 Å². The first-order valence-electron chi connectivity index (χ1n) is 8.28. The number of piperidine rings is 1. The number of carbonyl (C=O) groups is 2. The summed E-state index contributed by atoms with van der Waals surface area (Å²) in [5.41, 5.74) is 1.36. The van der Waals surface area contributed by atoms with E-state index in [1.165, 1.54) is 0 Å². The molecule has 5 nitrogen and oxygen atoms in total. The van der Waals surface area contributed by atoms with Crippen LogP contribution in [0.1, 0.15) is 51.0 Å². The number of hydrogen-bond donors (Lipinski definition) is 1. The maximum Gasteiger partial charge on any atom is 0.335 e. The zero-order valence-corrected chi connectivity index (χ0v) is 14.9. The van der Waals surface area contributed by atoms with Gasteiger partial charge in [-0.05, 0) is 48.9 Å². The van der Waals surface area contributed by atoms with Gasteiger partial charge in [-0.3, -0.25) is 4.79 Å². The summed E-state index contributed by atoms with van der Waals surface area (Å²) in [5.74, 6) is 1.19. The van der Waals surface area contributed by atoms with Crippen LogP contribution in [0.2, 0.25) is 0 Å². The number of likely N-dealkylation sites (tertiary alicyclic amines) is 1. The lowest BCUT2D eigenvalue weighted by Gasteiger charge is -2.32. The van der Waals surface area contributed by atoms with Gasteiger partial charge in [0.05, 0.1) is 11.3 Å². The van der Waals surface area contributed by atoms with Crippen molar-refractivity contribution in [2.24, 2.45) is 0 Å². The van der Waals surface area contributed by atoms with Gasteiger partial charge < -0.3 is 14.4 Å². The fourth-order valence-electron chi connectivity index (χ4n) is 3.20. The molecular formula is C19H21NO4S. The Kier molecular flexibility index (Phi) is 5.48. The van der Waals surface area contributed by atoms with E-state index in [2.05, 4.69) is 0 Å². The number of amides is 1. The van der Waals surface area contributed by atoms with E-state index < -0.39 is 5.97 Å². The smallest absolute Gasteiger partial charge is 0.335 e. The number of furan rings is 1. The molecule has 3 rings (SSSR count). The fraction of sp³-hybridized carbons (Fsp3) is 0.368. The van der Waals surface area contributed by atoms with E-state index in [0.717, 1.165) is 36.5 Å². The van der Waals surface area contributed by atoms with Gasteiger partial charge in [0.15, 0.2) is 5.76 Å². The van der Waals surface area contributed by atoms with Gasteiger partial charge in [0.25, 0.3) is 5.91 Å². The quantitative estimate of drug-likeness (QED) is 0.878. The molecule has 0 aliphatic carbocycles. The molecule has 1 fully saturated rings. The number of carbonyl (C=O) groups excluding carboxylic acids is 1. The second-order valence-electron chi connectivity index (χ2n) is 6.22. The molecule has 0 bridgehead atoms. The van der Waals surface area contributed by atoms with Crippen LogP contribution in [-0.4, -0.2) is 41.2 Å². The maximum atomic E-state index is 12.7. The summed E-state index contributed by atoms with van der Waals surface area (Å²) in [4.78, 5) is 25.5. The van der Waals surface area contributed by atoms with Crippen molar-refractivity contribution in [3.05, 3.63) is 59.0 Å². The molecule has 0 saturated carbocycles. The Labute approximate surface area is 151 Å². The molecule has 1 amide bonds. The predicted octanol–water partition coefficient (Wildman–Crippen LogP) is 3.86. The molecule has 2 heterocycles. The van der Waals surface area contributed by atoms with E-state index in [0.29, 0.717) is 12.3 Å². The van der Waals surface area contributed by atoms with Crippen LogP contribution in [0, 0.1) is 0 Å². The molecule has 2 aromatic rings. The van der Waals surface area contributed by atoms with Gasteiger partial charge in [0, 0.05) is 19.0 Å². The molecule has 25 heavy (non-hydrogen) atoms. The highest BCUT2D eigenvalue weighted by Crippen LogP contribution is 2.28. The summed E-state index contributed by atoms with van der Waals surface area (Å²) in [6.07, 6.45) is 3.91. The van der Waals surface area contributed by atoms with Gasteiger partial charge in [-0.1, -0.05) is 12.1 Å². The van der Waals surface area contributed by atoms with E-state index in [-0.39, 0.29) is 17.4 Å². The highest BCUT2D eigenvalue weighted by Gasteiger charge is 2.27. The number of hydrogen-bond acceptors (Lipinski definition) is 4. The summed E-state index contributed by atoms with van der Waals surface area (Å²) >= 11 is 1.66. The zero-order valence-electron chi connectivity index (χ0n) is 14.1. The van der Waals surface area contributed by atoms with Crippen LogP contribution in [-0.2, 0) is 5.75 Å². The number of thioether (sulfide) groups is 1. The predicted molar refractivity (Wildman–Crippen MR) is 97.2 cm³/mol. The lowest BCUT2D eigenvalue weighted by Crippen LogP contribution is -2.39. The second kappa shape index (κ2) is 7.78. The first-order chi connectivity index (χ1) is 12.1. The molecule has 132 valence electrons. The molecule has 1 atom stereocenters. The molecule has 6 heteroatoms. The van der Waals surface area contributed by atoms with Crippen LogP contribution < -0.4 is 0 Å². The SMILES string of the molecule is CSCc1ccc(C(=O)N2CCC[C@@H](c3ccc(C(=O)O)cc3)C2)o1. The fourth-order valence-corrected chi connectivity index (χ4v) is 3.64. The van der Waals surface area contributed by atoms with Crippen LogP contribution >= 0.6 is 11.8 Å². The third-order valence-corrected chi connectivity index (χ3v) is 5.07. The minimum Gasteiger partial charge on any atom is -0.478 e. The van der Waals surface area contributed by atoms with Crippen LogP contribution in [0.3, 0.4) is 0 Å². The monoisotopic (exact) mass is 359 g/mol. The van der Waals surface area contributed by atoms with Gasteiger partial charge in [0.1, 0.15) is 5.76 Å². The van der Waals surface area contributed by atoms with Gasteiger partial charge in [-0.15, -0.1) is 0 Å². The molecule has 1 N–H and O–H groups in total. The molecule has 1 aromatic heterocycles. The van der Waals surface area contributed by atoms with Crippen LogP contribution in [0.15, 0.2) is 40.8 Å². The van der Waals surface area contributed by atoms with Crippen LogP contribution in [0.4, 0.5) is 0 Å². The van der Waals surface area contributed by atoms with E-state index in [9.17, 15) is 9.59 Å². The third-order valence-electron chi connectivity index (χ3n) is 4.50. The second-order valence-corrected chi connectivity index (χ2v) is 7.08.